The molecule has 2 aromatic rings. The van der Waals surface area contributed by atoms with Gasteiger partial charge in [-0.05, 0) is 30.5 Å². The lowest BCUT2D eigenvalue weighted by Gasteiger charge is -2.39. The molecule has 0 saturated heterocycles. The number of rotatable bonds is 5. The summed E-state index contributed by atoms with van der Waals surface area (Å²) in [6, 6.07) is 14.3. The van der Waals surface area contributed by atoms with Gasteiger partial charge in [-0.3, -0.25) is 14.9 Å². The number of nitro benzene ring substituents is 1. The number of hydrogen-bond acceptors (Lipinski definition) is 3. The molecule has 3 rings (SSSR count). The van der Waals surface area contributed by atoms with Gasteiger partial charge >= 0.3 is 0 Å². The van der Waals surface area contributed by atoms with Crippen LogP contribution in [0.25, 0.3) is 0 Å². The third-order valence-electron chi connectivity index (χ3n) is 4.71. The largest absolute Gasteiger partial charge is 0.305 e. The predicted molar refractivity (Wildman–Crippen MR) is 93.2 cm³/mol. The molecule has 2 aromatic carbocycles. The van der Waals surface area contributed by atoms with E-state index in [1.165, 1.54) is 12.1 Å². The summed E-state index contributed by atoms with van der Waals surface area (Å²) < 4.78 is 0. The number of anilines is 1. The third kappa shape index (κ3) is 2.76. The van der Waals surface area contributed by atoms with Crippen molar-refractivity contribution in [1.82, 2.24) is 0 Å². The summed E-state index contributed by atoms with van der Waals surface area (Å²) in [5.41, 5.74) is 0.881. The summed E-state index contributed by atoms with van der Waals surface area (Å²) in [6.45, 7) is 0. The van der Waals surface area contributed by atoms with Crippen LogP contribution in [0.15, 0.2) is 48.5 Å². The van der Waals surface area contributed by atoms with Gasteiger partial charge in [0.1, 0.15) is 5.02 Å². The topological polar surface area (TPSA) is 63.5 Å². The van der Waals surface area contributed by atoms with E-state index in [0.717, 1.165) is 37.7 Å². The standard InChI is InChI=1S/C18H17ClN2O3/c19-16-9-8-15(12-17(16)21(23)24)20(13-22)18(10-4-5-11-18)14-6-2-1-3-7-14/h1-3,6-9,12-13H,4-5,10-11H2. The van der Waals surface area contributed by atoms with Crippen molar-refractivity contribution in [3.63, 3.8) is 0 Å². The molecule has 0 bridgehead atoms. The van der Waals surface area contributed by atoms with Crippen LogP contribution >= 0.6 is 11.6 Å². The molecule has 1 aliphatic rings. The fourth-order valence-electron chi connectivity index (χ4n) is 3.58. The van der Waals surface area contributed by atoms with Gasteiger partial charge in [0.2, 0.25) is 6.41 Å². The molecule has 1 aliphatic carbocycles. The number of amides is 1. The monoisotopic (exact) mass is 344 g/mol. The van der Waals surface area contributed by atoms with E-state index in [-0.39, 0.29) is 10.7 Å². The summed E-state index contributed by atoms with van der Waals surface area (Å²) in [5.74, 6) is 0. The number of carbonyl (C=O) groups is 1. The SMILES string of the molecule is O=CN(c1ccc(Cl)c([N+](=O)[O-])c1)C1(c2ccccc2)CCCC1. The number of hydrogen-bond donors (Lipinski definition) is 0. The maximum Gasteiger partial charge on any atom is 0.289 e. The lowest BCUT2D eigenvalue weighted by molar-refractivity contribution is -0.384. The molecule has 124 valence electrons. The normalized spacial score (nSPS) is 15.9. The van der Waals surface area contributed by atoms with E-state index in [9.17, 15) is 14.9 Å². The Balaban J connectivity index is 2.11. The summed E-state index contributed by atoms with van der Waals surface area (Å²) in [4.78, 5) is 24.2. The van der Waals surface area contributed by atoms with Crippen LogP contribution in [0.1, 0.15) is 31.2 Å². The van der Waals surface area contributed by atoms with E-state index in [2.05, 4.69) is 0 Å². The van der Waals surface area contributed by atoms with Crippen molar-refractivity contribution in [2.45, 2.75) is 31.2 Å². The smallest absolute Gasteiger partial charge is 0.289 e. The van der Waals surface area contributed by atoms with E-state index < -0.39 is 10.5 Å². The van der Waals surface area contributed by atoms with Crippen molar-refractivity contribution in [3.05, 3.63) is 69.2 Å². The lowest BCUT2D eigenvalue weighted by atomic mass is 9.86. The maximum absolute atomic E-state index is 12.0. The minimum Gasteiger partial charge on any atom is -0.305 e. The van der Waals surface area contributed by atoms with Crippen molar-refractivity contribution in [3.8, 4) is 0 Å². The lowest BCUT2D eigenvalue weighted by Crippen LogP contribution is -2.43. The molecule has 0 radical (unpaired) electrons. The minimum absolute atomic E-state index is 0.0646. The van der Waals surface area contributed by atoms with Gasteiger partial charge in [-0.1, -0.05) is 54.8 Å². The van der Waals surface area contributed by atoms with Crippen LogP contribution < -0.4 is 4.90 Å². The Kier molecular flexibility index (Phi) is 4.53. The van der Waals surface area contributed by atoms with Gasteiger partial charge in [0.25, 0.3) is 5.69 Å². The molecule has 1 amide bonds. The Morgan fingerprint density at radius 3 is 2.38 bits per heavy atom. The first kappa shape index (κ1) is 16.5. The van der Waals surface area contributed by atoms with Crippen LogP contribution in [-0.4, -0.2) is 11.3 Å². The van der Waals surface area contributed by atoms with Crippen LogP contribution in [-0.2, 0) is 10.3 Å². The second-order valence-corrected chi connectivity index (χ2v) is 6.38. The van der Waals surface area contributed by atoms with Crippen molar-refractivity contribution in [2.75, 3.05) is 4.90 Å². The van der Waals surface area contributed by atoms with Crippen LogP contribution in [0.4, 0.5) is 11.4 Å². The molecule has 0 heterocycles. The average molecular weight is 345 g/mol. The molecule has 0 aromatic heterocycles. The second kappa shape index (κ2) is 6.61. The first-order valence-electron chi connectivity index (χ1n) is 7.82. The molecule has 1 saturated carbocycles. The first-order valence-corrected chi connectivity index (χ1v) is 8.20. The van der Waals surface area contributed by atoms with E-state index in [0.29, 0.717) is 5.69 Å². The number of nitro groups is 1. The van der Waals surface area contributed by atoms with Gasteiger partial charge in [0, 0.05) is 6.07 Å². The van der Waals surface area contributed by atoms with Crippen LogP contribution in [0.3, 0.4) is 0 Å². The molecule has 0 spiro atoms. The predicted octanol–water partition coefficient (Wildman–Crippen LogP) is 4.68. The first-order chi connectivity index (χ1) is 11.6. The second-order valence-electron chi connectivity index (χ2n) is 5.97. The van der Waals surface area contributed by atoms with Crippen LogP contribution in [0.5, 0.6) is 0 Å². The minimum atomic E-state index is -0.529. The van der Waals surface area contributed by atoms with Gasteiger partial charge < -0.3 is 4.90 Å². The summed E-state index contributed by atoms with van der Waals surface area (Å²) in [6.07, 6.45) is 4.44. The van der Waals surface area contributed by atoms with Gasteiger partial charge in [-0.15, -0.1) is 0 Å². The molecule has 0 unspecified atom stereocenters. The summed E-state index contributed by atoms with van der Waals surface area (Å²) in [5, 5.41) is 11.2. The van der Waals surface area contributed by atoms with Crippen molar-refractivity contribution < 1.29 is 9.72 Å². The van der Waals surface area contributed by atoms with Gasteiger partial charge in [0.15, 0.2) is 0 Å². The van der Waals surface area contributed by atoms with Crippen molar-refractivity contribution >= 4 is 29.4 Å². The molecule has 1 fully saturated rings. The highest BCUT2D eigenvalue weighted by Crippen LogP contribution is 2.46. The zero-order valence-corrected chi connectivity index (χ0v) is 13.8. The Hall–Kier alpha value is -2.40. The Labute approximate surface area is 145 Å². The maximum atomic E-state index is 12.0. The van der Waals surface area contributed by atoms with Crippen LogP contribution in [0.2, 0.25) is 5.02 Å². The summed E-state index contributed by atoms with van der Waals surface area (Å²) in [7, 11) is 0. The Bertz CT molecular complexity index is 758. The van der Waals surface area contributed by atoms with Gasteiger partial charge in [0.05, 0.1) is 16.1 Å². The average Bonchev–Trinajstić information content (AvgIpc) is 3.08. The van der Waals surface area contributed by atoms with Crippen molar-refractivity contribution in [2.24, 2.45) is 0 Å². The number of halogens is 1. The Morgan fingerprint density at radius 1 is 1.12 bits per heavy atom. The highest BCUT2D eigenvalue weighted by molar-refractivity contribution is 6.32. The summed E-state index contributed by atoms with van der Waals surface area (Å²) >= 11 is 5.90. The number of carbonyl (C=O) groups excluding carboxylic acids is 1. The van der Waals surface area contributed by atoms with E-state index >= 15 is 0 Å². The zero-order chi connectivity index (χ0) is 17.2. The van der Waals surface area contributed by atoms with E-state index in [4.69, 9.17) is 11.6 Å². The molecule has 24 heavy (non-hydrogen) atoms. The fourth-order valence-corrected chi connectivity index (χ4v) is 3.76. The van der Waals surface area contributed by atoms with Gasteiger partial charge in [-0.2, -0.15) is 0 Å². The van der Waals surface area contributed by atoms with Crippen LogP contribution in [0, 0.1) is 10.1 Å². The molecule has 0 atom stereocenters. The molecule has 5 nitrogen and oxygen atoms in total. The number of nitrogens with zero attached hydrogens (tertiary/aromatic N) is 2. The molecule has 0 N–H and O–H groups in total. The molecular formula is C18H17ClN2O3. The quantitative estimate of drug-likeness (QED) is 0.449. The molecule has 6 heteroatoms. The van der Waals surface area contributed by atoms with Gasteiger partial charge in [-0.25, -0.2) is 0 Å². The highest BCUT2D eigenvalue weighted by atomic mass is 35.5. The fraction of sp³-hybridized carbons (Fsp3) is 0.278. The van der Waals surface area contributed by atoms with Crippen molar-refractivity contribution in [1.29, 1.82) is 0 Å². The zero-order valence-electron chi connectivity index (χ0n) is 13.0. The molecule has 0 aliphatic heterocycles. The third-order valence-corrected chi connectivity index (χ3v) is 5.03. The van der Waals surface area contributed by atoms with E-state index in [1.807, 2.05) is 30.3 Å². The van der Waals surface area contributed by atoms with E-state index in [1.54, 1.807) is 11.0 Å². The molecular weight excluding hydrogens is 328 g/mol. The highest BCUT2D eigenvalue weighted by Gasteiger charge is 2.41. The Morgan fingerprint density at radius 2 is 1.79 bits per heavy atom. The number of benzene rings is 2.